The largest absolute Gasteiger partial charge is 0.310 e. The third-order valence-corrected chi connectivity index (χ3v) is 15.2. The topological polar surface area (TPSA) is 3.24 Å². The second-order valence-electron chi connectivity index (χ2n) is 19.6. The van der Waals surface area contributed by atoms with Crippen molar-refractivity contribution in [2.24, 2.45) is 0 Å². The fourth-order valence-corrected chi connectivity index (χ4v) is 12.0. The highest BCUT2D eigenvalue weighted by Gasteiger charge is 2.38. The Kier molecular flexibility index (Phi) is 8.67. The molecule has 0 radical (unpaired) electrons. The number of nitrogens with zero attached hydrogens (tertiary/aromatic N) is 1. The predicted octanol–water partition coefficient (Wildman–Crippen LogP) is 18.2. The summed E-state index contributed by atoms with van der Waals surface area (Å²) in [4.78, 5) is 2.48. The molecule has 0 atom stereocenters. The van der Waals surface area contributed by atoms with Gasteiger partial charge in [-0.05, 0) is 153 Å². The van der Waals surface area contributed by atoms with Crippen molar-refractivity contribution in [3.8, 4) is 55.6 Å². The van der Waals surface area contributed by atoms with E-state index in [1.165, 1.54) is 110 Å². The van der Waals surface area contributed by atoms with Gasteiger partial charge in [-0.25, -0.2) is 0 Å². The van der Waals surface area contributed by atoms with Crippen molar-refractivity contribution in [2.75, 3.05) is 4.90 Å². The molecule has 0 aliphatic heterocycles. The minimum atomic E-state index is -0.130. The van der Waals surface area contributed by atoms with Crippen LogP contribution in [0.4, 0.5) is 17.1 Å². The van der Waals surface area contributed by atoms with Gasteiger partial charge in [0.2, 0.25) is 0 Å². The fourth-order valence-electron chi connectivity index (χ4n) is 12.0. The highest BCUT2D eigenvalue weighted by Crippen LogP contribution is 2.54. The summed E-state index contributed by atoms with van der Waals surface area (Å²) in [7, 11) is 0. The molecule has 11 aromatic carbocycles. The van der Waals surface area contributed by atoms with E-state index in [2.05, 4.69) is 257 Å². The van der Waals surface area contributed by atoms with Crippen molar-refractivity contribution in [3.63, 3.8) is 0 Å². The maximum absolute atomic E-state index is 2.48. The maximum Gasteiger partial charge on any atom is 0.0465 e. The summed E-state index contributed by atoms with van der Waals surface area (Å²) in [6.07, 6.45) is 0. The summed E-state index contributed by atoms with van der Waals surface area (Å²) in [5.41, 5.74) is 21.3. The lowest BCUT2D eigenvalue weighted by Gasteiger charge is -2.30. The molecule has 1 nitrogen and oxygen atoms in total. The first-order chi connectivity index (χ1) is 32.8. The SMILES string of the molecule is CC1(C)c2ccccc2-c2ccc(N(c3ccc(-c4cc(-c5ccccc5)c(-c5ccccc5)c5c6ccccc6c6ccccc6c45)cc3)c3ccc4c(c3)C(C)(C)c3ccccc3-4)cc21. The third-order valence-electron chi connectivity index (χ3n) is 15.2. The van der Waals surface area contributed by atoms with Crippen LogP contribution in [0.1, 0.15) is 49.9 Å². The molecule has 318 valence electrons. The van der Waals surface area contributed by atoms with Gasteiger partial charge in [-0.3, -0.25) is 0 Å². The lowest BCUT2D eigenvalue weighted by Crippen LogP contribution is -2.18. The van der Waals surface area contributed by atoms with E-state index in [-0.39, 0.29) is 10.8 Å². The zero-order valence-corrected chi connectivity index (χ0v) is 38.3. The van der Waals surface area contributed by atoms with Crippen LogP contribution in [-0.4, -0.2) is 0 Å². The summed E-state index contributed by atoms with van der Waals surface area (Å²) in [5, 5.41) is 7.62. The Balaban J connectivity index is 1.05. The van der Waals surface area contributed by atoms with Crippen molar-refractivity contribution in [1.29, 1.82) is 0 Å². The second kappa shape index (κ2) is 14.8. The van der Waals surface area contributed by atoms with Crippen molar-refractivity contribution < 1.29 is 0 Å². The van der Waals surface area contributed by atoms with Crippen molar-refractivity contribution in [3.05, 3.63) is 247 Å². The van der Waals surface area contributed by atoms with E-state index in [0.717, 1.165) is 17.1 Å². The van der Waals surface area contributed by atoms with E-state index < -0.39 is 0 Å². The van der Waals surface area contributed by atoms with Gasteiger partial charge in [-0.15, -0.1) is 0 Å². The summed E-state index contributed by atoms with van der Waals surface area (Å²) >= 11 is 0. The Bertz CT molecular complexity index is 3670. The van der Waals surface area contributed by atoms with E-state index in [1.54, 1.807) is 0 Å². The average molecular weight is 856 g/mol. The Hall–Kier alpha value is -8.00. The van der Waals surface area contributed by atoms with E-state index >= 15 is 0 Å². The molecule has 2 aliphatic rings. The van der Waals surface area contributed by atoms with Crippen LogP contribution >= 0.6 is 0 Å². The molecule has 0 amide bonds. The molecule has 11 aromatic rings. The molecule has 0 N–H and O–H groups in total. The quantitative estimate of drug-likeness (QED) is 0.151. The van der Waals surface area contributed by atoms with Gasteiger partial charge in [0, 0.05) is 27.9 Å². The number of rotatable bonds is 6. The molecule has 67 heavy (non-hydrogen) atoms. The first-order valence-corrected chi connectivity index (χ1v) is 23.7. The second-order valence-corrected chi connectivity index (χ2v) is 19.6. The zero-order valence-electron chi connectivity index (χ0n) is 38.3. The van der Waals surface area contributed by atoms with Crippen LogP contribution in [0, 0.1) is 0 Å². The van der Waals surface area contributed by atoms with Crippen molar-refractivity contribution in [1.82, 2.24) is 0 Å². The minimum Gasteiger partial charge on any atom is -0.310 e. The van der Waals surface area contributed by atoms with Gasteiger partial charge in [0.1, 0.15) is 0 Å². The standard InChI is InChI=1S/C66H49N/c1-65(2)58-29-17-15-25-50(58)52-37-35-46(39-60(52)65)67(47-36-38-53-51-26-16-18-30-59(51)66(3,4)61(53)40-47)45-33-31-43(32-34-45)57-41-56(42-19-7-5-8-20-42)62(44-21-9-6-10-22-44)64-55-28-14-12-24-49(55)48-23-11-13-27-54(48)63(57)64/h5-41H,1-4H3. The van der Waals surface area contributed by atoms with Crippen LogP contribution in [0.25, 0.3) is 88.0 Å². The van der Waals surface area contributed by atoms with E-state index in [1.807, 2.05) is 0 Å². The van der Waals surface area contributed by atoms with Crippen LogP contribution in [-0.2, 0) is 10.8 Å². The number of hydrogen-bond acceptors (Lipinski definition) is 1. The Labute approximate surface area is 393 Å². The predicted molar refractivity (Wildman–Crippen MR) is 285 cm³/mol. The monoisotopic (exact) mass is 855 g/mol. The molecule has 13 rings (SSSR count). The maximum atomic E-state index is 2.48. The van der Waals surface area contributed by atoms with Gasteiger partial charge in [-0.2, -0.15) is 0 Å². The molecular weight excluding hydrogens is 807 g/mol. The molecular formula is C66H49N. The lowest BCUT2D eigenvalue weighted by molar-refractivity contribution is 0.660. The molecule has 2 aliphatic carbocycles. The molecule has 0 heterocycles. The van der Waals surface area contributed by atoms with Crippen LogP contribution < -0.4 is 4.90 Å². The van der Waals surface area contributed by atoms with Crippen LogP contribution in [0.15, 0.2) is 224 Å². The van der Waals surface area contributed by atoms with Gasteiger partial charge in [0.05, 0.1) is 0 Å². The zero-order chi connectivity index (χ0) is 45.0. The first-order valence-electron chi connectivity index (χ1n) is 23.7. The van der Waals surface area contributed by atoms with Gasteiger partial charge in [-0.1, -0.05) is 210 Å². The summed E-state index contributed by atoms with van der Waals surface area (Å²) in [6, 6.07) is 83.9. The fraction of sp³-hybridized carbons (Fsp3) is 0.0909. The van der Waals surface area contributed by atoms with E-state index in [9.17, 15) is 0 Å². The van der Waals surface area contributed by atoms with E-state index in [0.29, 0.717) is 0 Å². The summed E-state index contributed by atoms with van der Waals surface area (Å²) in [5.74, 6) is 0. The van der Waals surface area contributed by atoms with Gasteiger partial charge in [0.25, 0.3) is 0 Å². The molecule has 0 unspecified atom stereocenters. The molecule has 0 saturated heterocycles. The Morgan fingerprint density at radius 2 is 0.672 bits per heavy atom. The number of anilines is 3. The van der Waals surface area contributed by atoms with Crippen molar-refractivity contribution >= 4 is 49.4 Å². The van der Waals surface area contributed by atoms with Crippen molar-refractivity contribution in [2.45, 2.75) is 38.5 Å². The lowest BCUT2D eigenvalue weighted by atomic mass is 9.81. The molecule has 0 aromatic heterocycles. The molecule has 0 spiro atoms. The highest BCUT2D eigenvalue weighted by molar-refractivity contribution is 6.33. The Morgan fingerprint density at radius 3 is 1.21 bits per heavy atom. The summed E-state index contributed by atoms with van der Waals surface area (Å²) < 4.78 is 0. The number of benzene rings is 11. The molecule has 0 bridgehead atoms. The minimum absolute atomic E-state index is 0.130. The smallest absolute Gasteiger partial charge is 0.0465 e. The van der Waals surface area contributed by atoms with E-state index in [4.69, 9.17) is 0 Å². The van der Waals surface area contributed by atoms with Crippen LogP contribution in [0.5, 0.6) is 0 Å². The van der Waals surface area contributed by atoms with Crippen LogP contribution in [0.2, 0.25) is 0 Å². The molecule has 0 fully saturated rings. The number of fused-ring (bicyclic) bond motifs is 12. The number of hydrogen-bond donors (Lipinski definition) is 0. The van der Waals surface area contributed by atoms with Gasteiger partial charge >= 0.3 is 0 Å². The first kappa shape index (κ1) is 39.4. The van der Waals surface area contributed by atoms with Crippen LogP contribution in [0.3, 0.4) is 0 Å². The van der Waals surface area contributed by atoms with Gasteiger partial charge in [0.15, 0.2) is 0 Å². The third kappa shape index (κ3) is 5.87. The summed E-state index contributed by atoms with van der Waals surface area (Å²) in [6.45, 7) is 9.50. The normalized spacial score (nSPS) is 13.9. The Morgan fingerprint density at radius 1 is 0.269 bits per heavy atom. The van der Waals surface area contributed by atoms with Gasteiger partial charge < -0.3 is 4.90 Å². The highest BCUT2D eigenvalue weighted by atomic mass is 15.1. The average Bonchev–Trinajstić information content (AvgIpc) is 3.75. The molecule has 1 heteroatoms. The molecule has 0 saturated carbocycles.